The molecule has 0 saturated carbocycles. The highest BCUT2D eigenvalue weighted by Gasteiger charge is 2.26. The highest BCUT2D eigenvalue weighted by atomic mass is 32.2. The van der Waals surface area contributed by atoms with Gasteiger partial charge in [-0.25, -0.2) is 8.42 Å². The predicted molar refractivity (Wildman–Crippen MR) is 115 cm³/mol. The van der Waals surface area contributed by atoms with Crippen LogP contribution in [0.15, 0.2) is 53.4 Å². The number of carbonyl (C=O) groups is 1. The summed E-state index contributed by atoms with van der Waals surface area (Å²) in [5.41, 5.74) is 2.46. The summed E-state index contributed by atoms with van der Waals surface area (Å²) in [6, 6.07) is 14.9. The van der Waals surface area contributed by atoms with Crippen LogP contribution in [0, 0.1) is 6.92 Å². The van der Waals surface area contributed by atoms with E-state index in [0.717, 1.165) is 30.4 Å². The lowest BCUT2D eigenvalue weighted by Gasteiger charge is -2.26. The maximum absolute atomic E-state index is 12.9. The molecular formula is C22H29N3O3S. The van der Waals surface area contributed by atoms with Crippen molar-refractivity contribution < 1.29 is 13.2 Å². The zero-order valence-corrected chi connectivity index (χ0v) is 17.8. The number of carbonyl (C=O) groups excluding carboxylic acids is 1. The van der Waals surface area contributed by atoms with Crippen molar-refractivity contribution in [3.05, 3.63) is 59.7 Å². The fourth-order valence-electron chi connectivity index (χ4n) is 3.45. The van der Waals surface area contributed by atoms with Crippen LogP contribution in [-0.4, -0.2) is 38.3 Å². The molecule has 1 heterocycles. The van der Waals surface area contributed by atoms with Gasteiger partial charge >= 0.3 is 0 Å². The van der Waals surface area contributed by atoms with Crippen LogP contribution in [0.2, 0.25) is 0 Å². The standard InChI is InChI=1S/C22H29N3O3S/c1-17-11-12-20(29(27,28)25-13-7-4-8-14-25)15-21(17)24-22(26)16-23-18(2)19-9-5-3-6-10-19/h3,5-6,9-12,15,18,23H,4,7-8,13-14,16H2,1-2H3,(H,24,26)/t18-/m0/s1. The minimum Gasteiger partial charge on any atom is -0.325 e. The zero-order valence-electron chi connectivity index (χ0n) is 17.0. The van der Waals surface area contributed by atoms with E-state index >= 15 is 0 Å². The van der Waals surface area contributed by atoms with Gasteiger partial charge in [0.1, 0.15) is 0 Å². The minimum atomic E-state index is -3.53. The third kappa shape index (κ3) is 5.44. The minimum absolute atomic E-state index is 0.0360. The lowest BCUT2D eigenvalue weighted by atomic mass is 10.1. The van der Waals surface area contributed by atoms with Gasteiger partial charge in [0.2, 0.25) is 15.9 Å². The number of amides is 1. The first kappa shape index (κ1) is 21.5. The summed E-state index contributed by atoms with van der Waals surface area (Å²) in [4.78, 5) is 12.7. The first-order valence-electron chi connectivity index (χ1n) is 10.1. The van der Waals surface area contributed by atoms with Gasteiger partial charge in [0.15, 0.2) is 0 Å². The summed E-state index contributed by atoms with van der Waals surface area (Å²) in [5, 5.41) is 6.04. The van der Waals surface area contributed by atoms with Crippen LogP contribution in [0.4, 0.5) is 5.69 Å². The molecule has 0 radical (unpaired) electrons. The SMILES string of the molecule is Cc1ccc(S(=O)(=O)N2CCCCC2)cc1NC(=O)CN[C@@H](C)c1ccccc1. The Morgan fingerprint density at radius 2 is 1.76 bits per heavy atom. The topological polar surface area (TPSA) is 78.5 Å². The number of benzene rings is 2. The molecule has 156 valence electrons. The first-order valence-corrected chi connectivity index (χ1v) is 11.5. The van der Waals surface area contributed by atoms with Crippen molar-refractivity contribution in [2.24, 2.45) is 0 Å². The van der Waals surface area contributed by atoms with Gasteiger partial charge in [-0.2, -0.15) is 4.31 Å². The molecule has 1 atom stereocenters. The normalized spacial score (nSPS) is 16.3. The fourth-order valence-corrected chi connectivity index (χ4v) is 4.99. The highest BCUT2D eigenvalue weighted by molar-refractivity contribution is 7.89. The molecule has 0 spiro atoms. The Morgan fingerprint density at radius 3 is 2.45 bits per heavy atom. The van der Waals surface area contributed by atoms with Crippen LogP contribution in [0.5, 0.6) is 0 Å². The van der Waals surface area contributed by atoms with E-state index in [1.807, 2.05) is 44.2 Å². The second-order valence-corrected chi connectivity index (χ2v) is 9.44. The molecule has 7 heteroatoms. The Morgan fingerprint density at radius 1 is 1.07 bits per heavy atom. The van der Waals surface area contributed by atoms with Gasteiger partial charge in [-0.3, -0.25) is 4.79 Å². The molecular weight excluding hydrogens is 386 g/mol. The number of sulfonamides is 1. The molecule has 0 aliphatic carbocycles. The van der Waals surface area contributed by atoms with E-state index in [9.17, 15) is 13.2 Å². The van der Waals surface area contributed by atoms with E-state index in [1.54, 1.807) is 18.2 Å². The molecule has 0 aromatic heterocycles. The van der Waals surface area contributed by atoms with Gasteiger partial charge in [-0.05, 0) is 49.9 Å². The molecule has 2 aromatic carbocycles. The summed E-state index contributed by atoms with van der Waals surface area (Å²) in [5.74, 6) is -0.205. The van der Waals surface area contributed by atoms with Crippen molar-refractivity contribution >= 4 is 21.6 Å². The van der Waals surface area contributed by atoms with Gasteiger partial charge in [-0.15, -0.1) is 0 Å². The van der Waals surface area contributed by atoms with Crippen LogP contribution in [0.1, 0.15) is 43.4 Å². The average Bonchev–Trinajstić information content (AvgIpc) is 2.74. The third-order valence-corrected chi connectivity index (χ3v) is 7.20. The number of nitrogens with zero attached hydrogens (tertiary/aromatic N) is 1. The van der Waals surface area contributed by atoms with Crippen molar-refractivity contribution in [1.82, 2.24) is 9.62 Å². The largest absolute Gasteiger partial charge is 0.325 e. The third-order valence-electron chi connectivity index (χ3n) is 5.30. The van der Waals surface area contributed by atoms with Gasteiger partial charge in [0.25, 0.3) is 0 Å². The van der Waals surface area contributed by atoms with Crippen LogP contribution in [0.3, 0.4) is 0 Å². The van der Waals surface area contributed by atoms with E-state index in [-0.39, 0.29) is 23.4 Å². The van der Waals surface area contributed by atoms with Crippen LogP contribution >= 0.6 is 0 Å². The summed E-state index contributed by atoms with van der Waals surface area (Å²) < 4.78 is 27.4. The van der Waals surface area contributed by atoms with E-state index in [2.05, 4.69) is 10.6 Å². The van der Waals surface area contributed by atoms with Gasteiger partial charge in [-0.1, -0.05) is 42.8 Å². The smallest absolute Gasteiger partial charge is 0.243 e. The Labute approximate surface area is 173 Å². The first-order chi connectivity index (χ1) is 13.9. The zero-order chi connectivity index (χ0) is 20.9. The van der Waals surface area contributed by atoms with E-state index in [4.69, 9.17) is 0 Å². The summed E-state index contributed by atoms with van der Waals surface area (Å²) in [7, 11) is -3.53. The van der Waals surface area contributed by atoms with Crippen LogP contribution < -0.4 is 10.6 Å². The maximum atomic E-state index is 12.9. The fraction of sp³-hybridized carbons (Fsp3) is 0.409. The molecule has 1 saturated heterocycles. The van der Waals surface area contributed by atoms with Crippen LogP contribution in [-0.2, 0) is 14.8 Å². The van der Waals surface area contributed by atoms with Gasteiger partial charge < -0.3 is 10.6 Å². The number of rotatable bonds is 7. The molecule has 29 heavy (non-hydrogen) atoms. The van der Waals surface area contributed by atoms with Crippen molar-refractivity contribution in [3.8, 4) is 0 Å². The Hall–Kier alpha value is -2.22. The van der Waals surface area contributed by atoms with Crippen molar-refractivity contribution in [1.29, 1.82) is 0 Å². The number of anilines is 1. The number of aryl methyl sites for hydroxylation is 1. The van der Waals surface area contributed by atoms with E-state index < -0.39 is 10.0 Å². The molecule has 0 unspecified atom stereocenters. The number of piperidine rings is 1. The molecule has 1 aliphatic heterocycles. The van der Waals surface area contributed by atoms with E-state index in [1.165, 1.54) is 4.31 Å². The predicted octanol–water partition coefficient (Wildman–Crippen LogP) is 3.46. The second kappa shape index (κ2) is 9.52. The molecule has 2 N–H and O–H groups in total. The van der Waals surface area contributed by atoms with Crippen molar-refractivity contribution in [3.63, 3.8) is 0 Å². The molecule has 0 bridgehead atoms. The number of hydrogen-bond acceptors (Lipinski definition) is 4. The molecule has 6 nitrogen and oxygen atoms in total. The summed E-state index contributed by atoms with van der Waals surface area (Å²) in [6.45, 7) is 5.10. The van der Waals surface area contributed by atoms with Crippen LogP contribution in [0.25, 0.3) is 0 Å². The Kier molecular flexibility index (Phi) is 7.05. The second-order valence-electron chi connectivity index (χ2n) is 7.50. The van der Waals surface area contributed by atoms with E-state index in [0.29, 0.717) is 18.8 Å². The Balaban J connectivity index is 1.66. The molecule has 1 fully saturated rings. The summed E-state index contributed by atoms with van der Waals surface area (Å²) in [6.07, 6.45) is 2.84. The molecule has 2 aromatic rings. The van der Waals surface area contributed by atoms with Crippen molar-refractivity contribution in [2.45, 2.75) is 44.0 Å². The summed E-state index contributed by atoms with van der Waals surface area (Å²) >= 11 is 0. The molecule has 1 aliphatic rings. The monoisotopic (exact) mass is 415 g/mol. The number of nitrogens with one attached hydrogen (secondary N) is 2. The lowest BCUT2D eigenvalue weighted by molar-refractivity contribution is -0.115. The maximum Gasteiger partial charge on any atom is 0.243 e. The molecule has 3 rings (SSSR count). The lowest BCUT2D eigenvalue weighted by Crippen LogP contribution is -2.35. The highest BCUT2D eigenvalue weighted by Crippen LogP contribution is 2.25. The molecule has 1 amide bonds. The number of hydrogen-bond donors (Lipinski definition) is 2. The van der Waals surface area contributed by atoms with Gasteiger partial charge in [0.05, 0.1) is 11.4 Å². The van der Waals surface area contributed by atoms with Gasteiger partial charge in [0, 0.05) is 24.8 Å². The average molecular weight is 416 g/mol. The van der Waals surface area contributed by atoms with Crippen molar-refractivity contribution in [2.75, 3.05) is 25.0 Å². The quantitative estimate of drug-likeness (QED) is 0.726. The Bertz CT molecular complexity index is 939.